The monoisotopic (exact) mass is 183 g/mol. The Kier molecular flexibility index (Phi) is 2.37. The van der Waals surface area contributed by atoms with E-state index in [1.807, 2.05) is 0 Å². The Morgan fingerprint density at radius 3 is 3.42 bits per heavy atom. The van der Waals surface area contributed by atoms with Gasteiger partial charge in [0.15, 0.2) is 0 Å². The molecule has 0 saturated carbocycles. The predicted molar refractivity (Wildman–Crippen MR) is 50.3 cm³/mol. The first-order valence-corrected chi connectivity index (χ1v) is 5.44. The maximum absolute atomic E-state index is 4.47. The Morgan fingerprint density at radius 2 is 2.58 bits per heavy atom. The Bertz CT molecular complexity index is 246. The highest BCUT2D eigenvalue weighted by Crippen LogP contribution is 2.15. The van der Waals surface area contributed by atoms with Crippen LogP contribution >= 0.6 is 11.8 Å². The van der Waals surface area contributed by atoms with Gasteiger partial charge in [0.25, 0.3) is 0 Å². The van der Waals surface area contributed by atoms with E-state index in [4.69, 9.17) is 0 Å². The largest absolute Gasteiger partial charge is 0.311 e. The van der Waals surface area contributed by atoms with Crippen LogP contribution in [-0.4, -0.2) is 22.6 Å². The zero-order chi connectivity index (χ0) is 8.39. The molecule has 1 aliphatic heterocycles. The lowest BCUT2D eigenvalue weighted by Crippen LogP contribution is -2.11. The molecule has 0 unspecified atom stereocenters. The van der Waals surface area contributed by atoms with Crippen molar-refractivity contribution in [3.05, 3.63) is 11.8 Å². The van der Waals surface area contributed by atoms with Crippen LogP contribution in [0.15, 0.2) is 11.1 Å². The molecular weight excluding hydrogens is 170 g/mol. The van der Waals surface area contributed by atoms with Crippen molar-refractivity contribution in [1.82, 2.24) is 15.1 Å². The van der Waals surface area contributed by atoms with Crippen LogP contribution in [0.3, 0.4) is 0 Å². The number of thioether (sulfide) groups is 1. The van der Waals surface area contributed by atoms with Crippen molar-refractivity contribution in [2.75, 3.05) is 12.8 Å². The number of hydrogen-bond donors (Lipinski definition) is 1. The van der Waals surface area contributed by atoms with Crippen molar-refractivity contribution >= 4 is 11.8 Å². The summed E-state index contributed by atoms with van der Waals surface area (Å²) < 4.78 is 2.12. The van der Waals surface area contributed by atoms with Gasteiger partial charge >= 0.3 is 0 Å². The fraction of sp³-hybridized carbons (Fsp3) is 0.625. The van der Waals surface area contributed by atoms with E-state index in [2.05, 4.69) is 27.4 Å². The standard InChI is InChI=1S/C8H13N3S/c1-12-8-5-7-6-9-3-2-4-11(7)10-8/h5,9H,2-4,6H2,1H3. The molecule has 0 atom stereocenters. The fourth-order valence-corrected chi connectivity index (χ4v) is 1.87. The molecule has 4 heteroatoms. The van der Waals surface area contributed by atoms with Gasteiger partial charge in [0.05, 0.1) is 5.69 Å². The molecule has 1 aromatic heterocycles. The van der Waals surface area contributed by atoms with E-state index in [0.717, 1.165) is 24.7 Å². The number of nitrogens with one attached hydrogen (secondary N) is 1. The molecule has 0 amide bonds. The van der Waals surface area contributed by atoms with Crippen LogP contribution in [0.5, 0.6) is 0 Å². The summed E-state index contributed by atoms with van der Waals surface area (Å²) in [4.78, 5) is 0. The smallest absolute Gasteiger partial charge is 0.118 e. The summed E-state index contributed by atoms with van der Waals surface area (Å²) in [7, 11) is 0. The molecule has 2 rings (SSSR count). The molecule has 0 aromatic carbocycles. The van der Waals surface area contributed by atoms with Gasteiger partial charge < -0.3 is 5.32 Å². The minimum atomic E-state index is 0.966. The lowest BCUT2D eigenvalue weighted by Gasteiger charge is -1.98. The minimum absolute atomic E-state index is 0.966. The Balaban J connectivity index is 2.26. The summed E-state index contributed by atoms with van der Waals surface area (Å²) in [5, 5.41) is 8.97. The van der Waals surface area contributed by atoms with Crippen LogP contribution in [0.4, 0.5) is 0 Å². The first-order valence-electron chi connectivity index (χ1n) is 4.21. The molecule has 0 bridgehead atoms. The van der Waals surface area contributed by atoms with E-state index in [1.165, 1.54) is 12.1 Å². The number of fused-ring (bicyclic) bond motifs is 1. The average Bonchev–Trinajstić information content (AvgIpc) is 2.37. The van der Waals surface area contributed by atoms with Crippen molar-refractivity contribution in [2.45, 2.75) is 24.5 Å². The third-order valence-corrected chi connectivity index (χ3v) is 2.70. The van der Waals surface area contributed by atoms with Crippen LogP contribution in [-0.2, 0) is 13.1 Å². The fourth-order valence-electron chi connectivity index (χ4n) is 1.44. The number of nitrogens with zero attached hydrogens (tertiary/aromatic N) is 2. The zero-order valence-corrected chi connectivity index (χ0v) is 8.02. The molecule has 0 spiro atoms. The van der Waals surface area contributed by atoms with Crippen molar-refractivity contribution in [2.24, 2.45) is 0 Å². The van der Waals surface area contributed by atoms with E-state index in [0.29, 0.717) is 0 Å². The van der Waals surface area contributed by atoms with E-state index in [1.54, 1.807) is 11.8 Å². The molecule has 0 saturated heterocycles. The first-order chi connectivity index (χ1) is 5.90. The van der Waals surface area contributed by atoms with Gasteiger partial charge in [-0.1, -0.05) is 0 Å². The molecule has 12 heavy (non-hydrogen) atoms. The molecule has 0 fully saturated rings. The predicted octanol–water partition coefficient (Wildman–Crippen LogP) is 1.10. The van der Waals surface area contributed by atoms with Gasteiger partial charge in [0, 0.05) is 13.1 Å². The number of rotatable bonds is 1. The van der Waals surface area contributed by atoms with E-state index in [-0.39, 0.29) is 0 Å². The van der Waals surface area contributed by atoms with E-state index in [9.17, 15) is 0 Å². The third-order valence-electron chi connectivity index (χ3n) is 2.08. The summed E-state index contributed by atoms with van der Waals surface area (Å²) in [6.07, 6.45) is 3.25. The zero-order valence-electron chi connectivity index (χ0n) is 7.21. The van der Waals surface area contributed by atoms with Crippen molar-refractivity contribution in [3.8, 4) is 0 Å². The maximum Gasteiger partial charge on any atom is 0.118 e. The van der Waals surface area contributed by atoms with Crippen molar-refractivity contribution in [3.63, 3.8) is 0 Å². The van der Waals surface area contributed by atoms with Crippen LogP contribution < -0.4 is 5.32 Å². The Labute approximate surface area is 76.5 Å². The van der Waals surface area contributed by atoms with Gasteiger partial charge in [-0.15, -0.1) is 11.8 Å². The highest BCUT2D eigenvalue weighted by Gasteiger charge is 2.09. The molecule has 1 aromatic rings. The lowest BCUT2D eigenvalue weighted by molar-refractivity contribution is 0.576. The molecule has 0 radical (unpaired) electrons. The van der Waals surface area contributed by atoms with Crippen LogP contribution in [0, 0.1) is 0 Å². The number of hydrogen-bond acceptors (Lipinski definition) is 3. The number of aryl methyl sites for hydroxylation is 1. The SMILES string of the molecule is CSc1cc2n(n1)CCCNC2. The van der Waals surface area contributed by atoms with E-state index >= 15 is 0 Å². The minimum Gasteiger partial charge on any atom is -0.311 e. The van der Waals surface area contributed by atoms with Crippen molar-refractivity contribution in [1.29, 1.82) is 0 Å². The molecule has 3 nitrogen and oxygen atoms in total. The van der Waals surface area contributed by atoms with Crippen molar-refractivity contribution < 1.29 is 0 Å². The first kappa shape index (κ1) is 8.13. The second-order valence-corrected chi connectivity index (χ2v) is 3.76. The third kappa shape index (κ3) is 1.49. The molecule has 2 heterocycles. The Morgan fingerprint density at radius 1 is 1.67 bits per heavy atom. The molecular formula is C8H13N3S. The summed E-state index contributed by atoms with van der Waals surface area (Å²) >= 11 is 1.71. The normalized spacial score (nSPS) is 17.1. The quantitative estimate of drug-likeness (QED) is 0.661. The van der Waals surface area contributed by atoms with Gasteiger partial charge in [-0.2, -0.15) is 5.10 Å². The van der Waals surface area contributed by atoms with Gasteiger partial charge in [-0.25, -0.2) is 0 Å². The second kappa shape index (κ2) is 3.49. The van der Waals surface area contributed by atoms with E-state index < -0.39 is 0 Å². The maximum atomic E-state index is 4.47. The number of aromatic nitrogens is 2. The van der Waals surface area contributed by atoms with Gasteiger partial charge in [-0.05, 0) is 25.3 Å². The second-order valence-electron chi connectivity index (χ2n) is 2.93. The van der Waals surface area contributed by atoms with Gasteiger partial charge in [0.1, 0.15) is 5.03 Å². The average molecular weight is 183 g/mol. The lowest BCUT2D eigenvalue weighted by atomic mass is 10.4. The van der Waals surface area contributed by atoms with Crippen LogP contribution in [0.1, 0.15) is 12.1 Å². The Hall–Kier alpha value is -0.480. The summed E-state index contributed by atoms with van der Waals surface area (Å²) in [5.74, 6) is 0. The molecule has 0 aliphatic carbocycles. The molecule has 1 aliphatic rings. The summed E-state index contributed by atoms with van der Waals surface area (Å²) in [5.41, 5.74) is 1.32. The van der Waals surface area contributed by atoms with Gasteiger partial charge in [0.2, 0.25) is 0 Å². The van der Waals surface area contributed by atoms with Crippen LogP contribution in [0.2, 0.25) is 0 Å². The van der Waals surface area contributed by atoms with Gasteiger partial charge in [-0.3, -0.25) is 4.68 Å². The molecule has 1 N–H and O–H groups in total. The highest BCUT2D eigenvalue weighted by atomic mass is 32.2. The topological polar surface area (TPSA) is 29.9 Å². The summed E-state index contributed by atoms with van der Waals surface area (Å²) in [6.45, 7) is 3.13. The molecule has 66 valence electrons. The van der Waals surface area contributed by atoms with Crippen LogP contribution in [0.25, 0.3) is 0 Å². The summed E-state index contributed by atoms with van der Waals surface area (Å²) in [6, 6.07) is 2.17. The highest BCUT2D eigenvalue weighted by molar-refractivity contribution is 7.98.